The van der Waals surface area contributed by atoms with Crippen LogP contribution in [0, 0.1) is 5.82 Å². The lowest BCUT2D eigenvalue weighted by molar-refractivity contribution is -0.143. The van der Waals surface area contributed by atoms with Crippen molar-refractivity contribution in [3.05, 3.63) is 59.9 Å². The molecule has 9 heteroatoms. The molecule has 0 aliphatic carbocycles. The highest BCUT2D eigenvalue weighted by atomic mass is 32.2. The second kappa shape index (κ2) is 8.54. The molecule has 0 aliphatic heterocycles. The van der Waals surface area contributed by atoms with Gasteiger partial charge in [-0.2, -0.15) is 4.72 Å². The summed E-state index contributed by atoms with van der Waals surface area (Å²) in [6, 6.07) is 10.9. The van der Waals surface area contributed by atoms with Gasteiger partial charge in [0, 0.05) is 12.6 Å². The van der Waals surface area contributed by atoms with Crippen LogP contribution in [-0.2, 0) is 31.0 Å². The van der Waals surface area contributed by atoms with Crippen LogP contribution < -0.4 is 10.0 Å². The zero-order valence-corrected chi connectivity index (χ0v) is 14.7. The van der Waals surface area contributed by atoms with Gasteiger partial charge in [0.1, 0.15) is 19.0 Å². The number of hydrogen-bond acceptors (Lipinski definition) is 5. The molecule has 2 N–H and O–H groups in total. The van der Waals surface area contributed by atoms with Gasteiger partial charge >= 0.3 is 5.97 Å². The van der Waals surface area contributed by atoms with E-state index in [0.29, 0.717) is 11.3 Å². The Morgan fingerprint density at radius 1 is 1.04 bits per heavy atom. The Morgan fingerprint density at radius 2 is 1.65 bits per heavy atom. The van der Waals surface area contributed by atoms with Crippen molar-refractivity contribution in [3.8, 4) is 0 Å². The van der Waals surface area contributed by atoms with E-state index in [1.165, 1.54) is 55.5 Å². The first-order valence-electron chi connectivity index (χ1n) is 7.54. The van der Waals surface area contributed by atoms with Gasteiger partial charge in [-0.25, -0.2) is 12.8 Å². The third kappa shape index (κ3) is 5.94. The molecule has 0 spiro atoms. The van der Waals surface area contributed by atoms with Crippen LogP contribution in [0.3, 0.4) is 0 Å². The highest BCUT2D eigenvalue weighted by Gasteiger charge is 2.16. The van der Waals surface area contributed by atoms with Gasteiger partial charge in [0.05, 0.1) is 4.90 Å². The average Bonchev–Trinajstić information content (AvgIpc) is 2.59. The van der Waals surface area contributed by atoms with E-state index in [0.717, 1.165) is 0 Å². The predicted octanol–water partition coefficient (Wildman–Crippen LogP) is 1.81. The standard InChI is InChI=1S/C17H17FN2O5S/c1-12(21)20-15-6-8-16(9-7-15)26(23,24)19-10-17(22)25-11-13-2-4-14(18)5-3-13/h2-9,19H,10-11H2,1H3,(H,20,21). The van der Waals surface area contributed by atoms with Gasteiger partial charge in [-0.3, -0.25) is 9.59 Å². The summed E-state index contributed by atoms with van der Waals surface area (Å²) in [6.45, 7) is 0.701. The molecule has 1 amide bonds. The molecule has 2 aromatic carbocycles. The number of ether oxygens (including phenoxy) is 1. The topological polar surface area (TPSA) is 102 Å². The number of nitrogens with one attached hydrogen (secondary N) is 2. The number of amides is 1. The summed E-state index contributed by atoms with van der Waals surface area (Å²) < 4.78 is 44.1. The van der Waals surface area contributed by atoms with Crippen LogP contribution in [0.2, 0.25) is 0 Å². The SMILES string of the molecule is CC(=O)Nc1ccc(S(=O)(=O)NCC(=O)OCc2ccc(F)cc2)cc1. The number of anilines is 1. The molecule has 0 unspecified atom stereocenters. The number of rotatable bonds is 7. The van der Waals surface area contributed by atoms with E-state index in [1.54, 1.807) is 0 Å². The number of benzene rings is 2. The quantitative estimate of drug-likeness (QED) is 0.714. The summed E-state index contributed by atoms with van der Waals surface area (Å²) in [6.07, 6.45) is 0. The minimum Gasteiger partial charge on any atom is -0.460 e. The summed E-state index contributed by atoms with van der Waals surface area (Å²) in [5.41, 5.74) is 1.03. The highest BCUT2D eigenvalue weighted by Crippen LogP contribution is 2.14. The maximum absolute atomic E-state index is 12.8. The Morgan fingerprint density at radius 3 is 2.23 bits per heavy atom. The van der Waals surface area contributed by atoms with Crippen molar-refractivity contribution >= 4 is 27.6 Å². The third-order valence-electron chi connectivity index (χ3n) is 3.20. The van der Waals surface area contributed by atoms with Crippen LogP contribution in [-0.4, -0.2) is 26.8 Å². The lowest BCUT2D eigenvalue weighted by Crippen LogP contribution is -2.30. The molecule has 0 bridgehead atoms. The molecule has 0 radical (unpaired) electrons. The highest BCUT2D eigenvalue weighted by molar-refractivity contribution is 7.89. The largest absolute Gasteiger partial charge is 0.460 e. The molecule has 2 rings (SSSR count). The zero-order valence-electron chi connectivity index (χ0n) is 13.9. The molecule has 0 atom stereocenters. The summed E-state index contributed by atoms with van der Waals surface area (Å²) >= 11 is 0. The van der Waals surface area contributed by atoms with E-state index < -0.39 is 28.4 Å². The van der Waals surface area contributed by atoms with Crippen LogP contribution >= 0.6 is 0 Å². The smallest absolute Gasteiger partial charge is 0.321 e. The molecule has 26 heavy (non-hydrogen) atoms. The van der Waals surface area contributed by atoms with Crippen molar-refractivity contribution in [2.45, 2.75) is 18.4 Å². The van der Waals surface area contributed by atoms with E-state index in [9.17, 15) is 22.4 Å². The van der Waals surface area contributed by atoms with Crippen molar-refractivity contribution in [2.75, 3.05) is 11.9 Å². The first-order chi connectivity index (χ1) is 12.3. The summed E-state index contributed by atoms with van der Waals surface area (Å²) in [5.74, 6) is -1.45. The zero-order chi connectivity index (χ0) is 19.2. The minimum absolute atomic E-state index is 0.0575. The average molecular weight is 380 g/mol. The normalized spacial score (nSPS) is 11.0. The van der Waals surface area contributed by atoms with Crippen LogP contribution in [0.4, 0.5) is 10.1 Å². The minimum atomic E-state index is -3.90. The lowest BCUT2D eigenvalue weighted by Gasteiger charge is -2.08. The van der Waals surface area contributed by atoms with E-state index in [2.05, 4.69) is 10.0 Å². The van der Waals surface area contributed by atoms with Crippen molar-refractivity contribution in [1.29, 1.82) is 0 Å². The fraction of sp³-hybridized carbons (Fsp3) is 0.176. The molecule has 0 saturated carbocycles. The number of esters is 1. The van der Waals surface area contributed by atoms with Gasteiger partial charge in [-0.05, 0) is 42.0 Å². The van der Waals surface area contributed by atoms with Crippen LogP contribution in [0.25, 0.3) is 0 Å². The Bertz CT molecular complexity index is 880. The number of sulfonamides is 1. The fourth-order valence-electron chi connectivity index (χ4n) is 1.95. The molecule has 0 aromatic heterocycles. The second-order valence-corrected chi connectivity index (χ2v) is 7.08. The summed E-state index contributed by atoms with van der Waals surface area (Å²) in [4.78, 5) is 22.5. The number of halogens is 1. The summed E-state index contributed by atoms with van der Waals surface area (Å²) in [7, 11) is -3.90. The van der Waals surface area contributed by atoms with E-state index in [4.69, 9.17) is 4.74 Å². The van der Waals surface area contributed by atoms with Crippen molar-refractivity contribution in [1.82, 2.24) is 4.72 Å². The van der Waals surface area contributed by atoms with Crippen LogP contribution in [0.5, 0.6) is 0 Å². The van der Waals surface area contributed by atoms with Gasteiger partial charge in [0.15, 0.2) is 0 Å². The number of carbonyl (C=O) groups excluding carboxylic acids is 2. The molecule has 0 saturated heterocycles. The first kappa shape index (κ1) is 19.5. The van der Waals surface area contributed by atoms with Crippen LogP contribution in [0.15, 0.2) is 53.4 Å². The molecule has 7 nitrogen and oxygen atoms in total. The van der Waals surface area contributed by atoms with Gasteiger partial charge in [-0.15, -0.1) is 0 Å². The Hall–Kier alpha value is -2.78. The maximum Gasteiger partial charge on any atom is 0.321 e. The van der Waals surface area contributed by atoms with Crippen molar-refractivity contribution < 1.29 is 27.1 Å². The molecular weight excluding hydrogens is 363 g/mol. The van der Waals surface area contributed by atoms with Crippen molar-refractivity contribution in [3.63, 3.8) is 0 Å². The molecular formula is C17H17FN2O5S. The molecule has 0 heterocycles. The molecule has 2 aromatic rings. The molecule has 0 aliphatic rings. The van der Waals surface area contributed by atoms with E-state index in [-0.39, 0.29) is 17.4 Å². The predicted molar refractivity (Wildman–Crippen MR) is 92.1 cm³/mol. The van der Waals surface area contributed by atoms with Gasteiger partial charge in [-0.1, -0.05) is 12.1 Å². The Kier molecular flexibility index (Phi) is 6.42. The maximum atomic E-state index is 12.8. The second-order valence-electron chi connectivity index (χ2n) is 5.32. The van der Waals surface area contributed by atoms with Gasteiger partial charge in [0.2, 0.25) is 15.9 Å². The number of carbonyl (C=O) groups is 2. The number of hydrogen-bond donors (Lipinski definition) is 2. The van der Waals surface area contributed by atoms with E-state index in [1.807, 2.05) is 0 Å². The molecule has 138 valence electrons. The van der Waals surface area contributed by atoms with E-state index >= 15 is 0 Å². The Labute approximate surface area is 150 Å². The first-order valence-corrected chi connectivity index (χ1v) is 9.02. The van der Waals surface area contributed by atoms with Crippen molar-refractivity contribution in [2.24, 2.45) is 0 Å². The molecule has 0 fully saturated rings. The third-order valence-corrected chi connectivity index (χ3v) is 4.62. The van der Waals surface area contributed by atoms with Gasteiger partial charge < -0.3 is 10.1 Å². The fourth-order valence-corrected chi connectivity index (χ4v) is 2.92. The van der Waals surface area contributed by atoms with Gasteiger partial charge in [0.25, 0.3) is 0 Å². The monoisotopic (exact) mass is 380 g/mol. The summed E-state index contributed by atoms with van der Waals surface area (Å²) in [5, 5.41) is 2.52. The lowest BCUT2D eigenvalue weighted by atomic mass is 10.2. The van der Waals surface area contributed by atoms with Crippen LogP contribution in [0.1, 0.15) is 12.5 Å². The Balaban J connectivity index is 1.87.